The first kappa shape index (κ1) is 24.6. The normalized spacial score (nSPS) is 8.95. The third-order valence-electron chi connectivity index (χ3n) is 2.28. The first-order valence-corrected chi connectivity index (χ1v) is 10.1. The van der Waals surface area contributed by atoms with E-state index in [4.69, 9.17) is 0 Å². The highest BCUT2D eigenvalue weighted by molar-refractivity contribution is 9.09. The monoisotopic (exact) mass is 564 g/mol. The molecule has 4 nitrogen and oxygen atoms in total. The first-order valence-electron chi connectivity index (χ1n) is 6.74. The predicted molar refractivity (Wildman–Crippen MR) is 99.4 cm³/mol. The SMILES string of the molecule is BrCCCBr.C[n+]1ccn(CCCBr)c1.Cn1ccnc1.[Br-]. The Kier molecular flexibility index (Phi) is 19.8. The van der Waals surface area contributed by atoms with Crippen LogP contribution in [0.1, 0.15) is 12.8 Å². The van der Waals surface area contributed by atoms with Crippen LogP contribution in [0, 0.1) is 0 Å². The van der Waals surface area contributed by atoms with Gasteiger partial charge in [0.15, 0.2) is 0 Å². The largest absolute Gasteiger partial charge is 1.00 e. The lowest BCUT2D eigenvalue weighted by molar-refractivity contribution is -0.671. The Morgan fingerprint density at radius 1 is 1.05 bits per heavy atom. The average molecular weight is 568 g/mol. The van der Waals surface area contributed by atoms with Crippen LogP contribution in [0.5, 0.6) is 0 Å². The topological polar surface area (TPSA) is 26.6 Å². The molecule has 0 bridgehead atoms. The molecule has 2 rings (SSSR count). The van der Waals surface area contributed by atoms with Crippen LogP contribution in [0.3, 0.4) is 0 Å². The van der Waals surface area contributed by atoms with Crippen LogP contribution in [0.25, 0.3) is 0 Å². The minimum Gasteiger partial charge on any atom is -1.00 e. The molecule has 0 spiro atoms. The van der Waals surface area contributed by atoms with Gasteiger partial charge in [-0.15, -0.1) is 0 Å². The number of hydrogen-bond donors (Lipinski definition) is 0. The molecule has 22 heavy (non-hydrogen) atoms. The molecule has 0 N–H and O–H groups in total. The molecule has 0 unspecified atom stereocenters. The molecule has 0 fully saturated rings. The second-order valence-electron chi connectivity index (χ2n) is 4.32. The third kappa shape index (κ3) is 15.2. The lowest BCUT2D eigenvalue weighted by atomic mass is 10.5. The van der Waals surface area contributed by atoms with E-state index in [1.807, 2.05) is 35.6 Å². The number of imidazole rings is 2. The van der Waals surface area contributed by atoms with Gasteiger partial charge in [-0.2, -0.15) is 0 Å². The number of nitrogens with zero attached hydrogens (tertiary/aromatic N) is 4. The van der Waals surface area contributed by atoms with Crippen molar-refractivity contribution >= 4 is 47.8 Å². The van der Waals surface area contributed by atoms with Crippen LogP contribution >= 0.6 is 47.8 Å². The van der Waals surface area contributed by atoms with E-state index in [1.165, 1.54) is 12.8 Å². The molecule has 0 saturated heterocycles. The van der Waals surface area contributed by atoms with Crippen LogP contribution in [0.2, 0.25) is 0 Å². The summed E-state index contributed by atoms with van der Waals surface area (Å²) in [7, 11) is 3.97. The molecule has 0 atom stereocenters. The molecule has 8 heteroatoms. The van der Waals surface area contributed by atoms with Crippen LogP contribution in [-0.2, 0) is 20.6 Å². The standard InChI is InChI=1S/C7H12BrN2.C4H6N2.C3H6Br2.BrH/c1-9-5-6-10(7-9)4-2-3-8;1-6-3-2-5-4-6;4-2-1-3-5;/h5-7H,2-4H2,1H3;2-4H,1H3;1-3H2;1H/q+1;;;/p-1. The van der Waals surface area contributed by atoms with Gasteiger partial charge in [0, 0.05) is 35.4 Å². The van der Waals surface area contributed by atoms with Crippen LogP contribution in [0.4, 0.5) is 0 Å². The maximum atomic E-state index is 3.78. The summed E-state index contributed by atoms with van der Waals surface area (Å²) in [4.78, 5) is 3.78. The summed E-state index contributed by atoms with van der Waals surface area (Å²) in [5.41, 5.74) is 0. The van der Waals surface area contributed by atoms with E-state index < -0.39 is 0 Å². The van der Waals surface area contributed by atoms with Crippen molar-refractivity contribution in [1.82, 2.24) is 14.1 Å². The van der Waals surface area contributed by atoms with Crippen molar-refractivity contribution in [1.29, 1.82) is 0 Å². The summed E-state index contributed by atoms with van der Waals surface area (Å²) in [6.45, 7) is 1.10. The lowest BCUT2D eigenvalue weighted by Gasteiger charge is -1.89. The molecule has 0 amide bonds. The zero-order chi connectivity index (χ0) is 15.9. The first-order chi connectivity index (χ1) is 10.1. The molecule has 0 radical (unpaired) electrons. The van der Waals surface area contributed by atoms with Gasteiger partial charge >= 0.3 is 0 Å². The van der Waals surface area contributed by atoms with Gasteiger partial charge in [-0.25, -0.2) is 14.1 Å². The zero-order valence-electron chi connectivity index (χ0n) is 13.0. The Morgan fingerprint density at radius 3 is 1.95 bits per heavy atom. The summed E-state index contributed by atoms with van der Waals surface area (Å²) in [6, 6.07) is 0. The minimum absolute atomic E-state index is 0. The summed E-state index contributed by atoms with van der Waals surface area (Å²) < 4.78 is 6.12. The third-order valence-corrected chi connectivity index (χ3v) is 3.96. The van der Waals surface area contributed by atoms with Gasteiger partial charge in [-0.1, -0.05) is 47.8 Å². The number of rotatable bonds is 5. The van der Waals surface area contributed by atoms with E-state index in [1.54, 1.807) is 12.5 Å². The van der Waals surface area contributed by atoms with Gasteiger partial charge in [-0.3, -0.25) is 0 Å². The van der Waals surface area contributed by atoms with Crippen molar-refractivity contribution in [2.45, 2.75) is 19.4 Å². The number of hydrogen-bond acceptors (Lipinski definition) is 1. The van der Waals surface area contributed by atoms with E-state index in [0.29, 0.717) is 0 Å². The van der Waals surface area contributed by atoms with Crippen LogP contribution < -0.4 is 21.5 Å². The summed E-state index contributed by atoms with van der Waals surface area (Å²) >= 11 is 9.95. The van der Waals surface area contributed by atoms with Crippen LogP contribution in [0.15, 0.2) is 37.4 Å². The summed E-state index contributed by atoms with van der Waals surface area (Å²) in [5.74, 6) is 0. The second kappa shape index (κ2) is 17.7. The highest BCUT2D eigenvalue weighted by Gasteiger charge is 1.96. The molecule has 0 saturated carbocycles. The lowest BCUT2D eigenvalue weighted by Crippen LogP contribution is -3.00. The molecular weight excluding hydrogens is 544 g/mol. The molecule has 0 aliphatic rings. The van der Waals surface area contributed by atoms with Crippen molar-refractivity contribution in [3.05, 3.63) is 37.4 Å². The minimum atomic E-state index is 0. The number of aromatic nitrogens is 4. The predicted octanol–water partition coefficient (Wildman–Crippen LogP) is 0.688. The van der Waals surface area contributed by atoms with Crippen molar-refractivity contribution < 1.29 is 21.5 Å². The van der Waals surface area contributed by atoms with E-state index in [0.717, 1.165) is 22.5 Å². The number of halogens is 4. The van der Waals surface area contributed by atoms with E-state index >= 15 is 0 Å². The zero-order valence-corrected chi connectivity index (χ0v) is 19.4. The molecule has 2 aromatic heterocycles. The van der Waals surface area contributed by atoms with Crippen molar-refractivity contribution in [2.75, 3.05) is 16.0 Å². The smallest absolute Gasteiger partial charge is 0.243 e. The van der Waals surface area contributed by atoms with Gasteiger partial charge < -0.3 is 21.5 Å². The maximum absolute atomic E-state index is 3.78. The van der Waals surface area contributed by atoms with Gasteiger partial charge in [0.1, 0.15) is 12.4 Å². The molecule has 128 valence electrons. The number of alkyl halides is 3. The Hall–Kier alpha value is 0.340. The highest BCUT2D eigenvalue weighted by Crippen LogP contribution is 1.92. The molecule has 2 heterocycles. The van der Waals surface area contributed by atoms with Crippen molar-refractivity contribution in [2.24, 2.45) is 14.1 Å². The Morgan fingerprint density at radius 2 is 1.68 bits per heavy atom. The Balaban J connectivity index is 0. The Bertz CT molecular complexity index is 430. The van der Waals surface area contributed by atoms with Crippen LogP contribution in [-0.4, -0.2) is 30.1 Å². The molecular formula is C14H24Br4N4. The average Bonchev–Trinajstić information content (AvgIpc) is 3.10. The molecule has 0 aromatic carbocycles. The van der Waals surface area contributed by atoms with Gasteiger partial charge in [-0.05, 0) is 12.8 Å². The van der Waals surface area contributed by atoms with Crippen molar-refractivity contribution in [3.63, 3.8) is 0 Å². The fourth-order valence-corrected chi connectivity index (χ4v) is 2.82. The Labute approximate surface area is 169 Å². The number of aryl methyl sites for hydroxylation is 3. The van der Waals surface area contributed by atoms with Gasteiger partial charge in [0.05, 0.1) is 19.9 Å². The maximum Gasteiger partial charge on any atom is 0.243 e. The van der Waals surface area contributed by atoms with Gasteiger partial charge in [0.2, 0.25) is 6.33 Å². The van der Waals surface area contributed by atoms with Gasteiger partial charge in [0.25, 0.3) is 0 Å². The second-order valence-corrected chi connectivity index (χ2v) is 6.70. The quantitative estimate of drug-likeness (QED) is 0.386. The fourth-order valence-electron chi connectivity index (χ4n) is 1.25. The summed E-state index contributed by atoms with van der Waals surface area (Å²) in [5, 5.41) is 3.30. The fraction of sp³-hybridized carbons (Fsp3) is 0.571. The molecule has 0 aliphatic heterocycles. The summed E-state index contributed by atoms with van der Waals surface area (Å²) in [6.07, 6.45) is 14.0. The molecule has 2 aromatic rings. The van der Waals surface area contributed by atoms with E-state index in [9.17, 15) is 0 Å². The van der Waals surface area contributed by atoms with E-state index in [-0.39, 0.29) is 17.0 Å². The van der Waals surface area contributed by atoms with Crippen molar-refractivity contribution in [3.8, 4) is 0 Å². The van der Waals surface area contributed by atoms with E-state index in [2.05, 4.69) is 69.9 Å². The molecule has 0 aliphatic carbocycles. The highest BCUT2D eigenvalue weighted by atomic mass is 79.9.